The molecule has 5 rings (SSSR count). The summed E-state index contributed by atoms with van der Waals surface area (Å²) in [6, 6.07) is 23.4. The molecular weight excluding hydrogens is 484 g/mol. The molecule has 0 fully saturated rings. The Labute approximate surface area is 215 Å². The van der Waals surface area contributed by atoms with E-state index in [4.69, 9.17) is 9.98 Å². The lowest BCUT2D eigenvalue weighted by molar-refractivity contribution is 0.598. The summed E-state index contributed by atoms with van der Waals surface area (Å²) in [6.45, 7) is 1.96. The fourth-order valence-corrected chi connectivity index (χ4v) is 4.67. The van der Waals surface area contributed by atoms with Crippen LogP contribution in [0.3, 0.4) is 0 Å². The molecule has 0 saturated heterocycles. The zero-order valence-corrected chi connectivity index (χ0v) is 21.6. The highest BCUT2D eigenvalue weighted by Crippen LogP contribution is 2.30. The minimum Gasteiger partial charge on any atom is -0.339 e. The molecule has 5 aromatic rings. The molecule has 37 heavy (non-hydrogen) atoms. The number of anilines is 2. The van der Waals surface area contributed by atoms with Crippen LogP contribution in [0.2, 0.25) is 0 Å². The fraction of sp³-hybridized carbons (Fsp3) is 0.143. The molecule has 3 heterocycles. The average Bonchev–Trinajstić information content (AvgIpc) is 3.28. The summed E-state index contributed by atoms with van der Waals surface area (Å²) < 4.78 is 25.9. The number of nitrogens with one attached hydrogen (secondary N) is 1. The largest absolute Gasteiger partial charge is 0.339 e. The van der Waals surface area contributed by atoms with Gasteiger partial charge in [-0.05, 0) is 18.1 Å². The Morgan fingerprint density at radius 2 is 1.62 bits per heavy atom. The number of hydrogen-bond donors (Lipinski definition) is 1. The predicted molar refractivity (Wildman–Crippen MR) is 147 cm³/mol. The van der Waals surface area contributed by atoms with Gasteiger partial charge in [-0.1, -0.05) is 67.6 Å². The lowest BCUT2D eigenvalue weighted by Gasteiger charge is -2.13. The number of benzene rings is 2. The lowest BCUT2D eigenvalue weighted by Crippen LogP contribution is -2.05. The summed E-state index contributed by atoms with van der Waals surface area (Å²) in [4.78, 5) is 18.6. The number of nitrogens with zero attached hydrogens (tertiary/aromatic N) is 5. The smallest absolute Gasteiger partial charge is 0.192 e. The molecule has 0 radical (unpaired) electrons. The van der Waals surface area contributed by atoms with Gasteiger partial charge in [0.15, 0.2) is 20.7 Å². The van der Waals surface area contributed by atoms with Crippen LogP contribution < -0.4 is 5.32 Å². The van der Waals surface area contributed by atoms with Gasteiger partial charge in [0.05, 0.1) is 29.4 Å². The highest BCUT2D eigenvalue weighted by molar-refractivity contribution is 7.90. The Balaban J connectivity index is 1.65. The molecule has 2 aromatic carbocycles. The lowest BCUT2D eigenvalue weighted by atomic mass is 10.0. The third-order valence-corrected chi connectivity index (χ3v) is 6.98. The summed E-state index contributed by atoms with van der Waals surface area (Å²) in [6.07, 6.45) is 5.05. The van der Waals surface area contributed by atoms with Crippen LogP contribution in [-0.4, -0.2) is 39.9 Å². The number of aromatic nitrogens is 4. The maximum Gasteiger partial charge on any atom is 0.192 e. The molecule has 0 saturated carbocycles. The summed E-state index contributed by atoms with van der Waals surface area (Å²) in [5.74, 6) is 1.03. The summed E-state index contributed by atoms with van der Waals surface area (Å²) >= 11 is 0. The maximum absolute atomic E-state index is 12.0. The highest BCUT2D eigenvalue weighted by atomic mass is 32.2. The average molecular weight is 511 g/mol. The van der Waals surface area contributed by atoms with E-state index in [1.165, 1.54) is 6.20 Å². The first-order valence-electron chi connectivity index (χ1n) is 11.8. The number of aryl methyl sites for hydroxylation is 2. The molecule has 0 atom stereocenters. The second-order valence-corrected chi connectivity index (χ2v) is 10.6. The Hall–Kier alpha value is -4.37. The second kappa shape index (κ2) is 9.94. The van der Waals surface area contributed by atoms with E-state index in [9.17, 15) is 8.42 Å². The molecule has 0 spiro atoms. The van der Waals surface area contributed by atoms with Crippen LogP contribution in [-0.2, 0) is 23.3 Å². The molecule has 186 valence electrons. The number of sulfone groups is 1. The van der Waals surface area contributed by atoms with Crippen molar-refractivity contribution in [2.75, 3.05) is 11.6 Å². The molecule has 0 aliphatic rings. The van der Waals surface area contributed by atoms with Gasteiger partial charge in [-0.15, -0.1) is 0 Å². The molecule has 0 amide bonds. The zero-order chi connectivity index (χ0) is 26.0. The van der Waals surface area contributed by atoms with Crippen molar-refractivity contribution in [1.82, 2.24) is 19.5 Å². The summed E-state index contributed by atoms with van der Waals surface area (Å²) in [5, 5.41) is 3.37. The molecule has 0 aliphatic heterocycles. The molecule has 9 heteroatoms. The molecule has 0 aliphatic carbocycles. The second-order valence-electron chi connectivity index (χ2n) is 8.68. The van der Waals surface area contributed by atoms with Gasteiger partial charge < -0.3 is 9.88 Å². The predicted octanol–water partition coefficient (Wildman–Crippen LogP) is 5.24. The number of aliphatic imine (C=N–C) groups is 1. The van der Waals surface area contributed by atoms with Crippen LogP contribution in [0, 0.1) is 0 Å². The van der Waals surface area contributed by atoms with Crippen molar-refractivity contribution in [3.63, 3.8) is 0 Å². The van der Waals surface area contributed by atoms with Crippen LogP contribution >= 0.6 is 0 Å². The first-order chi connectivity index (χ1) is 17.8. The van der Waals surface area contributed by atoms with Crippen molar-refractivity contribution < 1.29 is 8.42 Å². The monoisotopic (exact) mass is 510 g/mol. The van der Waals surface area contributed by atoms with E-state index in [-0.39, 0.29) is 5.03 Å². The van der Waals surface area contributed by atoms with E-state index < -0.39 is 9.84 Å². The van der Waals surface area contributed by atoms with Crippen molar-refractivity contribution >= 4 is 43.9 Å². The van der Waals surface area contributed by atoms with E-state index in [0.717, 1.165) is 34.2 Å². The van der Waals surface area contributed by atoms with Crippen molar-refractivity contribution in [2.45, 2.75) is 18.4 Å². The normalized spacial score (nSPS) is 11.4. The standard InChI is InChI=1S/C28H26N6O2S/c1-4-19-15-25(37(3,35)36)29-17-22(19)31-24-16-23-27(30-18-34(23)2)28(32-24)33-26(20-11-7-5-8-12-20)21-13-9-6-10-14-21/h5-18H,4H2,1-3H3,(H,31,32). The third-order valence-electron chi connectivity index (χ3n) is 5.99. The maximum atomic E-state index is 12.0. The third kappa shape index (κ3) is 5.12. The molecule has 0 unspecified atom stereocenters. The van der Waals surface area contributed by atoms with Crippen LogP contribution in [0.15, 0.2) is 95.3 Å². The molecule has 0 bridgehead atoms. The Morgan fingerprint density at radius 3 is 2.22 bits per heavy atom. The van der Waals surface area contributed by atoms with Gasteiger partial charge in [-0.2, -0.15) is 0 Å². The summed E-state index contributed by atoms with van der Waals surface area (Å²) in [5.41, 5.74) is 5.76. The van der Waals surface area contributed by atoms with E-state index in [1.807, 2.05) is 85.3 Å². The van der Waals surface area contributed by atoms with Gasteiger partial charge in [0.25, 0.3) is 0 Å². The molecule has 8 nitrogen and oxygen atoms in total. The van der Waals surface area contributed by atoms with E-state index in [1.54, 1.807) is 12.4 Å². The van der Waals surface area contributed by atoms with Crippen molar-refractivity contribution in [3.8, 4) is 0 Å². The number of hydrogen-bond acceptors (Lipinski definition) is 7. The van der Waals surface area contributed by atoms with E-state index in [0.29, 0.717) is 29.3 Å². The topological polar surface area (TPSA) is 102 Å². The quantitative estimate of drug-likeness (QED) is 0.300. The number of imidazole rings is 1. The van der Waals surface area contributed by atoms with Gasteiger partial charge in [0, 0.05) is 30.5 Å². The number of rotatable bonds is 7. The van der Waals surface area contributed by atoms with Crippen LogP contribution in [0.5, 0.6) is 0 Å². The number of pyridine rings is 2. The Morgan fingerprint density at radius 1 is 0.973 bits per heavy atom. The van der Waals surface area contributed by atoms with Gasteiger partial charge in [-0.25, -0.2) is 28.4 Å². The van der Waals surface area contributed by atoms with Gasteiger partial charge in [0.1, 0.15) is 11.3 Å². The van der Waals surface area contributed by atoms with Gasteiger partial charge in [0.2, 0.25) is 0 Å². The van der Waals surface area contributed by atoms with Crippen molar-refractivity contribution in [3.05, 3.63) is 102 Å². The first-order valence-corrected chi connectivity index (χ1v) is 13.7. The van der Waals surface area contributed by atoms with Crippen LogP contribution in [0.25, 0.3) is 11.0 Å². The van der Waals surface area contributed by atoms with E-state index in [2.05, 4.69) is 15.3 Å². The molecule has 1 N–H and O–H groups in total. The number of fused-ring (bicyclic) bond motifs is 1. The van der Waals surface area contributed by atoms with Gasteiger partial charge in [-0.3, -0.25) is 0 Å². The Kier molecular flexibility index (Phi) is 6.54. The minimum atomic E-state index is -3.41. The minimum absolute atomic E-state index is 0.0469. The fourth-order valence-electron chi connectivity index (χ4n) is 4.07. The Bertz CT molecular complexity index is 1670. The SMILES string of the molecule is CCc1cc(S(C)(=O)=O)ncc1Nc1cc2c(ncn2C)c(N=C(c2ccccc2)c2ccccc2)n1. The first kappa shape index (κ1) is 24.3. The van der Waals surface area contributed by atoms with Crippen molar-refractivity contribution in [2.24, 2.45) is 12.0 Å². The van der Waals surface area contributed by atoms with E-state index >= 15 is 0 Å². The van der Waals surface area contributed by atoms with Crippen LogP contribution in [0.1, 0.15) is 23.6 Å². The molecule has 3 aromatic heterocycles. The van der Waals surface area contributed by atoms with Crippen molar-refractivity contribution in [1.29, 1.82) is 0 Å². The highest BCUT2D eigenvalue weighted by Gasteiger charge is 2.16. The molecular formula is C28H26N6O2S. The van der Waals surface area contributed by atoms with Gasteiger partial charge >= 0.3 is 0 Å². The zero-order valence-electron chi connectivity index (χ0n) is 20.8. The van der Waals surface area contributed by atoms with Crippen LogP contribution in [0.4, 0.5) is 17.3 Å². The summed E-state index contributed by atoms with van der Waals surface area (Å²) in [7, 11) is -1.49.